The third kappa shape index (κ3) is 13.8. The number of nitrogens with one attached hydrogen (secondary N) is 3. The molecule has 4 aromatic rings. The van der Waals surface area contributed by atoms with Crippen LogP contribution in [-0.2, 0) is 32.0 Å². The van der Waals surface area contributed by atoms with Gasteiger partial charge in [-0.2, -0.15) is 49.8 Å². The molecule has 61 heavy (non-hydrogen) atoms. The number of anilines is 6. The van der Waals surface area contributed by atoms with Crippen molar-refractivity contribution in [1.82, 2.24) is 15.0 Å². The number of fused-ring (bicyclic) bond motifs is 6. The number of halogens is 10. The zero-order valence-electron chi connectivity index (χ0n) is 31.4. The van der Waals surface area contributed by atoms with Gasteiger partial charge in [0.05, 0.1) is 30.9 Å². The molecule has 2 aliphatic heterocycles. The summed E-state index contributed by atoms with van der Waals surface area (Å²) in [5.74, 6) is -5.09. The van der Waals surface area contributed by atoms with E-state index in [0.717, 1.165) is 66.2 Å². The number of pyridine rings is 1. The van der Waals surface area contributed by atoms with Crippen LogP contribution in [0.3, 0.4) is 0 Å². The first-order chi connectivity index (χ1) is 28.6. The number of hydrogen-bond donors (Lipinski definition) is 3. The Bertz CT molecular complexity index is 2250. The van der Waals surface area contributed by atoms with Crippen molar-refractivity contribution in [2.24, 2.45) is 5.92 Å². The SMILES string of the molecule is COc1cccc(N2CCC(CC(=O)Nc3ccc4cc3CCc3cncc(c3)Nc3ncc(Cl)c(n3)N4)CC2)c1C#N.O=C(C(=O)C(F)(F)F)C(F)(F)F.O=CC(F)(F)F. The largest absolute Gasteiger partial charge is 0.495 e. The van der Waals surface area contributed by atoms with E-state index in [1.807, 2.05) is 42.6 Å². The summed E-state index contributed by atoms with van der Waals surface area (Å²) in [5, 5.41) is 19.7. The van der Waals surface area contributed by atoms with Gasteiger partial charge >= 0.3 is 30.1 Å². The lowest BCUT2D eigenvalue weighted by Gasteiger charge is -2.34. The number of aryl methyl sites for hydroxylation is 2. The Labute approximate surface area is 345 Å². The van der Waals surface area contributed by atoms with Crippen LogP contribution in [0, 0.1) is 17.2 Å². The highest BCUT2D eigenvalue weighted by Gasteiger charge is 2.54. The number of nitrogens with zero attached hydrogens (tertiary/aromatic N) is 5. The molecule has 0 saturated carbocycles. The van der Waals surface area contributed by atoms with Gasteiger partial charge in [-0.15, -0.1) is 0 Å². The monoisotopic (exact) mass is 886 g/mol. The molecule has 4 heterocycles. The van der Waals surface area contributed by atoms with Crippen LogP contribution in [0.2, 0.25) is 5.02 Å². The fraction of sp³-hybridized carbons (Fsp3) is 0.316. The van der Waals surface area contributed by atoms with Gasteiger partial charge in [0.2, 0.25) is 18.1 Å². The molecule has 13 nitrogen and oxygen atoms in total. The molecular formula is C38H32ClF9N8O5. The zero-order chi connectivity index (χ0) is 45.1. The van der Waals surface area contributed by atoms with Crippen LogP contribution in [0.5, 0.6) is 5.75 Å². The van der Waals surface area contributed by atoms with Gasteiger partial charge in [0.1, 0.15) is 22.4 Å². The lowest BCUT2D eigenvalue weighted by atomic mass is 9.92. The molecule has 0 spiro atoms. The topological polar surface area (TPSA) is 179 Å². The zero-order valence-corrected chi connectivity index (χ0v) is 32.2. The number of nitriles is 1. The van der Waals surface area contributed by atoms with Gasteiger partial charge in [-0.1, -0.05) is 17.7 Å². The van der Waals surface area contributed by atoms with E-state index in [1.165, 1.54) is 0 Å². The summed E-state index contributed by atoms with van der Waals surface area (Å²) in [7, 11) is 1.58. The van der Waals surface area contributed by atoms with Gasteiger partial charge in [0.25, 0.3) is 0 Å². The van der Waals surface area contributed by atoms with Crippen LogP contribution < -0.4 is 25.6 Å². The van der Waals surface area contributed by atoms with Gasteiger partial charge < -0.3 is 25.6 Å². The third-order valence-corrected chi connectivity index (χ3v) is 9.02. The second-order valence-electron chi connectivity index (χ2n) is 13.1. The van der Waals surface area contributed by atoms with Crippen molar-refractivity contribution in [3.05, 3.63) is 82.8 Å². The predicted octanol–water partition coefficient (Wildman–Crippen LogP) is 8.23. The Balaban J connectivity index is 0.000000382. The summed E-state index contributed by atoms with van der Waals surface area (Å²) in [6.07, 6.45) is -8.52. The van der Waals surface area contributed by atoms with Crippen molar-refractivity contribution in [3.8, 4) is 11.8 Å². The van der Waals surface area contributed by atoms with E-state index >= 15 is 0 Å². The number of carbonyl (C=O) groups is 4. The first-order valence-corrected chi connectivity index (χ1v) is 18.0. The number of aromatic nitrogens is 3. The number of ketones is 2. The number of alkyl halides is 9. The minimum Gasteiger partial charge on any atom is -0.495 e. The Morgan fingerprint density at radius 1 is 0.934 bits per heavy atom. The molecule has 2 aliphatic rings. The number of benzene rings is 2. The normalized spacial score (nSPS) is 13.9. The van der Waals surface area contributed by atoms with Gasteiger partial charge in [-0.25, -0.2) is 4.98 Å². The Morgan fingerprint density at radius 2 is 1.59 bits per heavy atom. The van der Waals surface area contributed by atoms with Crippen molar-refractivity contribution in [3.63, 3.8) is 0 Å². The molecule has 2 aromatic heterocycles. The van der Waals surface area contributed by atoms with Gasteiger partial charge in [-0.3, -0.25) is 24.2 Å². The summed E-state index contributed by atoms with van der Waals surface area (Å²) in [6.45, 7) is 1.56. The van der Waals surface area contributed by atoms with Crippen LogP contribution >= 0.6 is 11.6 Å². The standard InChI is InChI=1S/C32H31ClN8O2.C4F6O2.C2HF3O/c1-43-29-4-2-3-28(25(29)16-34)41-11-9-20(10-12-41)14-30(42)39-27-8-7-23-15-22(27)6-5-21-13-24(18-35-17-21)38-32-36-19-26(33)31(37-23)40-32;5-3(6,7)1(11)2(12)4(8,9)10;3-2(4,5)1-6/h2-4,7-8,13,15,17-20H,5-6,9-12,14H2,1H3,(H,39,42)(H2,36,37,38,40);;1H. The number of carbonyl (C=O) groups excluding carboxylic acids is 4. The van der Waals surface area contributed by atoms with E-state index in [-0.39, 0.29) is 11.8 Å². The summed E-state index contributed by atoms with van der Waals surface area (Å²) in [4.78, 5) is 56.6. The number of aldehydes is 1. The minimum absolute atomic E-state index is 0.00577. The second-order valence-corrected chi connectivity index (χ2v) is 13.5. The number of ether oxygens (including phenoxy) is 1. The van der Waals surface area contributed by atoms with E-state index in [2.05, 4.69) is 41.9 Å². The average molecular weight is 887 g/mol. The first-order valence-electron chi connectivity index (χ1n) is 17.6. The Kier molecular flexibility index (Phi) is 15.6. The molecule has 0 aliphatic carbocycles. The van der Waals surface area contributed by atoms with E-state index in [4.69, 9.17) is 21.1 Å². The van der Waals surface area contributed by atoms with Crippen LogP contribution in [0.15, 0.2) is 61.1 Å². The number of piperidine rings is 1. The summed E-state index contributed by atoms with van der Waals surface area (Å²) in [5.41, 5.74) is 5.87. The molecule has 1 saturated heterocycles. The number of hydrogen-bond acceptors (Lipinski definition) is 12. The van der Waals surface area contributed by atoms with Crippen molar-refractivity contribution in [1.29, 1.82) is 5.26 Å². The maximum Gasteiger partial charge on any atom is 0.458 e. The Morgan fingerprint density at radius 3 is 2.18 bits per heavy atom. The molecule has 23 heteroatoms. The van der Waals surface area contributed by atoms with Gasteiger partial charge in [0, 0.05) is 37.1 Å². The lowest BCUT2D eigenvalue weighted by Crippen LogP contribution is -2.39. The Hall–Kier alpha value is -6.50. The lowest BCUT2D eigenvalue weighted by molar-refractivity contribution is -0.193. The highest BCUT2D eigenvalue weighted by molar-refractivity contribution is 6.41. The highest BCUT2D eigenvalue weighted by atomic mass is 35.5. The van der Waals surface area contributed by atoms with Crippen molar-refractivity contribution >= 4 is 69.9 Å². The number of amides is 1. The minimum atomic E-state index is -5.77. The molecular weight excluding hydrogens is 855 g/mol. The maximum atomic E-state index is 13.3. The fourth-order valence-electron chi connectivity index (χ4n) is 5.92. The number of rotatable bonds is 6. The summed E-state index contributed by atoms with van der Waals surface area (Å²) >= 11 is 6.39. The molecule has 0 atom stereocenters. The smallest absolute Gasteiger partial charge is 0.458 e. The molecule has 1 fully saturated rings. The van der Waals surface area contributed by atoms with Crippen molar-refractivity contribution < 1.29 is 63.4 Å². The van der Waals surface area contributed by atoms with Crippen molar-refractivity contribution in [2.45, 2.75) is 50.6 Å². The number of methoxy groups -OCH3 is 1. The quantitative estimate of drug-likeness (QED) is 0.0961. The second kappa shape index (κ2) is 20.2. The van der Waals surface area contributed by atoms with Crippen LogP contribution in [0.25, 0.3) is 0 Å². The molecule has 0 radical (unpaired) electrons. The molecule has 2 aromatic carbocycles. The van der Waals surface area contributed by atoms with Crippen LogP contribution in [-0.4, -0.2) is 77.4 Å². The summed E-state index contributed by atoms with van der Waals surface area (Å²) in [6, 6.07) is 15.8. The highest BCUT2D eigenvalue weighted by Crippen LogP contribution is 2.34. The summed E-state index contributed by atoms with van der Waals surface area (Å²) < 4.78 is 104. The predicted molar refractivity (Wildman–Crippen MR) is 202 cm³/mol. The number of Topliss-reactive ketones (excluding diaryl/α,β-unsaturated/α-hetero) is 2. The van der Waals surface area contributed by atoms with Gasteiger partial charge in [0.15, 0.2) is 5.82 Å². The average Bonchev–Trinajstić information content (AvgIpc) is 3.21. The molecule has 324 valence electrons. The van der Waals surface area contributed by atoms with E-state index in [0.29, 0.717) is 40.9 Å². The molecule has 6 rings (SSSR count). The van der Waals surface area contributed by atoms with Crippen molar-refractivity contribution in [2.75, 3.05) is 41.0 Å². The molecule has 1 amide bonds. The van der Waals surface area contributed by atoms with E-state index in [1.54, 1.807) is 25.6 Å². The maximum absolute atomic E-state index is 13.3. The van der Waals surface area contributed by atoms with Crippen LogP contribution in [0.4, 0.5) is 74.0 Å². The van der Waals surface area contributed by atoms with Gasteiger partial charge in [-0.05, 0) is 79.1 Å². The first kappa shape index (κ1) is 47.2. The van der Waals surface area contributed by atoms with E-state index < -0.39 is 36.4 Å². The molecule has 3 N–H and O–H groups in total. The van der Waals surface area contributed by atoms with E-state index in [9.17, 15) is 59.2 Å². The third-order valence-electron chi connectivity index (χ3n) is 8.74. The molecule has 6 bridgehead atoms. The molecule has 0 unspecified atom stereocenters. The van der Waals surface area contributed by atoms with Crippen LogP contribution in [0.1, 0.15) is 36.0 Å². The fourth-order valence-corrected chi connectivity index (χ4v) is 6.06.